The van der Waals surface area contributed by atoms with E-state index < -0.39 is 5.95 Å². The fourth-order valence-electron chi connectivity index (χ4n) is 1.46. The third-order valence-electron chi connectivity index (χ3n) is 2.58. The zero-order valence-electron chi connectivity index (χ0n) is 11.8. The number of hydrogen-bond donors (Lipinski definition) is 1. The fraction of sp³-hybridized carbons (Fsp3) is 0.250. The number of halogens is 1. The average molecular weight is 274 g/mol. The molecule has 0 bridgehead atoms. The Morgan fingerprint density at radius 3 is 2.70 bits per heavy atom. The molecule has 0 aliphatic rings. The molecule has 1 N–H and O–H groups in total. The van der Waals surface area contributed by atoms with Gasteiger partial charge in [-0.05, 0) is 38.0 Å². The lowest BCUT2D eigenvalue weighted by atomic mass is 10.1. The normalized spacial score (nSPS) is 10.8. The quantitative estimate of drug-likeness (QED) is 0.638. The van der Waals surface area contributed by atoms with E-state index in [1.54, 1.807) is 6.08 Å². The van der Waals surface area contributed by atoms with Gasteiger partial charge in [0.15, 0.2) is 0 Å². The summed E-state index contributed by atoms with van der Waals surface area (Å²) < 4.78 is 12.6. The van der Waals surface area contributed by atoms with Crippen LogP contribution in [0.4, 0.5) is 4.39 Å². The van der Waals surface area contributed by atoms with Gasteiger partial charge in [0.05, 0.1) is 5.56 Å². The predicted octanol–water partition coefficient (Wildman–Crippen LogP) is 3.42. The van der Waals surface area contributed by atoms with Crippen molar-refractivity contribution < 1.29 is 9.18 Å². The summed E-state index contributed by atoms with van der Waals surface area (Å²) in [6, 6.07) is 2.57. The molecule has 0 radical (unpaired) electrons. The molecule has 1 amide bonds. The molecule has 1 aromatic heterocycles. The molecule has 0 saturated carbocycles. The van der Waals surface area contributed by atoms with E-state index in [0.29, 0.717) is 18.5 Å². The second-order valence-corrected chi connectivity index (χ2v) is 4.57. The molecule has 4 heteroatoms. The molecule has 1 heterocycles. The summed E-state index contributed by atoms with van der Waals surface area (Å²) in [5.41, 5.74) is 2.59. The second kappa shape index (κ2) is 8.04. The number of amides is 1. The Kier molecular flexibility index (Phi) is 6.37. The van der Waals surface area contributed by atoms with Crippen molar-refractivity contribution in [3.63, 3.8) is 0 Å². The Morgan fingerprint density at radius 2 is 2.15 bits per heavy atom. The number of aromatic nitrogens is 1. The highest BCUT2D eigenvalue weighted by molar-refractivity contribution is 5.93. The number of carbonyl (C=O) groups is 1. The maximum Gasteiger partial charge on any atom is 0.252 e. The molecular weight excluding hydrogens is 255 g/mol. The van der Waals surface area contributed by atoms with E-state index in [9.17, 15) is 9.18 Å². The van der Waals surface area contributed by atoms with Crippen molar-refractivity contribution in [1.29, 1.82) is 0 Å². The molecule has 1 aromatic rings. The van der Waals surface area contributed by atoms with Crippen molar-refractivity contribution in [2.75, 3.05) is 6.54 Å². The van der Waals surface area contributed by atoms with E-state index in [4.69, 9.17) is 0 Å². The molecule has 0 spiro atoms. The van der Waals surface area contributed by atoms with Crippen LogP contribution in [-0.4, -0.2) is 17.4 Å². The molecule has 0 aromatic carbocycles. The van der Waals surface area contributed by atoms with Crippen molar-refractivity contribution in [3.05, 3.63) is 65.8 Å². The van der Waals surface area contributed by atoms with E-state index in [2.05, 4.69) is 16.9 Å². The molecule has 0 fully saturated rings. The van der Waals surface area contributed by atoms with Crippen LogP contribution in [0.3, 0.4) is 0 Å². The topological polar surface area (TPSA) is 42.0 Å². The van der Waals surface area contributed by atoms with E-state index in [1.165, 1.54) is 23.9 Å². The van der Waals surface area contributed by atoms with Gasteiger partial charge in [-0.15, -0.1) is 0 Å². The first kappa shape index (κ1) is 15.8. The fourth-order valence-corrected chi connectivity index (χ4v) is 1.46. The standard InChI is InChI=1S/C16H19FN2O/c1-4-13(6-5-12(2)3)9-10-18-16(20)14-7-8-15(17)19-11-14/h4-8,11H,1,9-10H2,2-3H3,(H,18,20)/b13-6+. The van der Waals surface area contributed by atoms with Crippen molar-refractivity contribution in [3.8, 4) is 0 Å². The lowest BCUT2D eigenvalue weighted by molar-refractivity contribution is 0.0953. The minimum Gasteiger partial charge on any atom is -0.352 e. The Labute approximate surface area is 118 Å². The average Bonchev–Trinajstić information content (AvgIpc) is 2.42. The van der Waals surface area contributed by atoms with Crippen LogP contribution in [0.25, 0.3) is 0 Å². The van der Waals surface area contributed by atoms with Crippen molar-refractivity contribution in [1.82, 2.24) is 10.3 Å². The number of rotatable bonds is 6. The Balaban J connectivity index is 2.49. The highest BCUT2D eigenvalue weighted by Gasteiger charge is 2.05. The molecule has 0 unspecified atom stereocenters. The third kappa shape index (κ3) is 5.61. The summed E-state index contributed by atoms with van der Waals surface area (Å²) in [4.78, 5) is 15.2. The molecule has 0 atom stereocenters. The highest BCUT2D eigenvalue weighted by atomic mass is 19.1. The van der Waals surface area contributed by atoms with E-state index in [1.807, 2.05) is 26.0 Å². The molecule has 0 aliphatic heterocycles. The van der Waals surface area contributed by atoms with Crippen molar-refractivity contribution >= 4 is 5.91 Å². The molecule has 20 heavy (non-hydrogen) atoms. The molecule has 0 saturated heterocycles. The van der Waals surface area contributed by atoms with Gasteiger partial charge in [0.2, 0.25) is 5.95 Å². The van der Waals surface area contributed by atoms with Crippen molar-refractivity contribution in [2.24, 2.45) is 0 Å². The van der Waals surface area contributed by atoms with Crippen molar-refractivity contribution in [2.45, 2.75) is 20.3 Å². The highest BCUT2D eigenvalue weighted by Crippen LogP contribution is 2.04. The summed E-state index contributed by atoms with van der Waals surface area (Å²) in [6.07, 6.45) is 7.66. The summed E-state index contributed by atoms with van der Waals surface area (Å²) >= 11 is 0. The summed E-state index contributed by atoms with van der Waals surface area (Å²) in [6.45, 7) is 8.26. The molecule has 106 valence electrons. The molecule has 0 aliphatic carbocycles. The van der Waals surface area contributed by atoms with Gasteiger partial charge in [0.1, 0.15) is 0 Å². The largest absolute Gasteiger partial charge is 0.352 e. The van der Waals surface area contributed by atoms with Gasteiger partial charge in [-0.25, -0.2) is 4.98 Å². The SMILES string of the molecule is C=C/C(=C\C=C(C)C)CCNC(=O)c1ccc(F)nc1. The third-order valence-corrected chi connectivity index (χ3v) is 2.58. The van der Waals surface area contributed by atoms with Crippen LogP contribution in [0.5, 0.6) is 0 Å². The number of nitrogens with zero attached hydrogens (tertiary/aromatic N) is 1. The number of carbonyl (C=O) groups excluding carboxylic acids is 1. The van der Waals surface area contributed by atoms with Crippen LogP contribution in [-0.2, 0) is 0 Å². The first-order valence-electron chi connectivity index (χ1n) is 6.39. The van der Waals surface area contributed by atoms with E-state index in [-0.39, 0.29) is 5.91 Å². The lowest BCUT2D eigenvalue weighted by Gasteiger charge is -2.05. The van der Waals surface area contributed by atoms with Crippen LogP contribution in [0.1, 0.15) is 30.6 Å². The Morgan fingerprint density at radius 1 is 1.40 bits per heavy atom. The van der Waals surface area contributed by atoms with Gasteiger partial charge in [-0.3, -0.25) is 4.79 Å². The van der Waals surface area contributed by atoms with Gasteiger partial charge in [0.25, 0.3) is 5.91 Å². The maximum absolute atomic E-state index is 12.6. The van der Waals surface area contributed by atoms with Gasteiger partial charge in [-0.1, -0.05) is 30.4 Å². The van der Waals surface area contributed by atoms with E-state index >= 15 is 0 Å². The van der Waals surface area contributed by atoms with Gasteiger partial charge < -0.3 is 5.32 Å². The summed E-state index contributed by atoms with van der Waals surface area (Å²) in [7, 11) is 0. The number of pyridine rings is 1. The van der Waals surface area contributed by atoms with Gasteiger partial charge >= 0.3 is 0 Å². The van der Waals surface area contributed by atoms with Crippen LogP contribution < -0.4 is 5.32 Å². The first-order chi connectivity index (χ1) is 9.52. The first-order valence-corrected chi connectivity index (χ1v) is 6.39. The van der Waals surface area contributed by atoms with Crippen LogP contribution in [0.2, 0.25) is 0 Å². The molecular formula is C16H19FN2O. The van der Waals surface area contributed by atoms with E-state index in [0.717, 1.165) is 5.57 Å². The zero-order valence-corrected chi connectivity index (χ0v) is 11.8. The number of allylic oxidation sites excluding steroid dienone is 4. The Bertz CT molecular complexity index is 526. The van der Waals surface area contributed by atoms with Gasteiger partial charge in [0, 0.05) is 12.7 Å². The smallest absolute Gasteiger partial charge is 0.252 e. The van der Waals surface area contributed by atoms with Crippen LogP contribution in [0, 0.1) is 5.95 Å². The minimum atomic E-state index is -0.597. The van der Waals surface area contributed by atoms with Gasteiger partial charge in [-0.2, -0.15) is 4.39 Å². The second-order valence-electron chi connectivity index (χ2n) is 4.57. The predicted molar refractivity (Wildman–Crippen MR) is 78.9 cm³/mol. The summed E-state index contributed by atoms with van der Waals surface area (Å²) in [5, 5.41) is 2.76. The summed E-state index contributed by atoms with van der Waals surface area (Å²) in [5.74, 6) is -0.858. The Hall–Kier alpha value is -2.23. The van der Waals surface area contributed by atoms with Crippen LogP contribution in [0.15, 0.2) is 54.3 Å². The van der Waals surface area contributed by atoms with Crippen LogP contribution >= 0.6 is 0 Å². The monoisotopic (exact) mass is 274 g/mol. The molecule has 1 rings (SSSR count). The minimum absolute atomic E-state index is 0.261. The molecule has 3 nitrogen and oxygen atoms in total. The maximum atomic E-state index is 12.6. The zero-order chi connectivity index (χ0) is 15.0. The lowest BCUT2D eigenvalue weighted by Crippen LogP contribution is -2.24. The number of hydrogen-bond acceptors (Lipinski definition) is 2. The number of nitrogens with one attached hydrogen (secondary N) is 1.